The van der Waals surface area contributed by atoms with Crippen molar-refractivity contribution in [2.75, 3.05) is 33.7 Å². The molecule has 2 aromatic carbocycles. The Morgan fingerprint density at radius 1 is 1.13 bits per heavy atom. The predicted octanol–water partition coefficient (Wildman–Crippen LogP) is 4.49. The number of aliphatic imine (C=N–C) groups is 1. The van der Waals surface area contributed by atoms with Crippen molar-refractivity contribution in [3.05, 3.63) is 70.2 Å². The van der Waals surface area contributed by atoms with Crippen LogP contribution in [0, 0.1) is 0 Å². The molecule has 3 rings (SSSR count). The molecule has 0 atom stereocenters. The fourth-order valence-electron chi connectivity index (χ4n) is 3.52. The summed E-state index contributed by atoms with van der Waals surface area (Å²) in [6.45, 7) is 4.37. The summed E-state index contributed by atoms with van der Waals surface area (Å²) in [5.41, 5.74) is 3.24. The number of nitrogens with one attached hydrogen (secondary N) is 2. The molecule has 5 nitrogen and oxygen atoms in total. The van der Waals surface area contributed by atoms with Crippen molar-refractivity contribution in [3.63, 3.8) is 0 Å². The maximum atomic E-state index is 12.2. The average Bonchev–Trinajstić information content (AvgIpc) is 3.53. The van der Waals surface area contributed by atoms with Crippen molar-refractivity contribution >= 4 is 47.4 Å². The van der Waals surface area contributed by atoms with Crippen LogP contribution >= 0.6 is 35.6 Å². The largest absolute Gasteiger partial charge is 0.357 e. The molecule has 1 aliphatic rings. The second-order valence-corrected chi connectivity index (χ2v) is 8.50. The van der Waals surface area contributed by atoms with E-state index in [0.717, 1.165) is 61.0 Å². The van der Waals surface area contributed by atoms with Gasteiger partial charge in [0.2, 0.25) is 0 Å². The Morgan fingerprint density at radius 3 is 2.52 bits per heavy atom. The normalized spacial score (nSPS) is 14.4. The van der Waals surface area contributed by atoms with Gasteiger partial charge in [0.1, 0.15) is 0 Å². The van der Waals surface area contributed by atoms with Crippen LogP contribution in [0.25, 0.3) is 0 Å². The van der Waals surface area contributed by atoms with Crippen molar-refractivity contribution in [3.8, 4) is 0 Å². The third kappa shape index (κ3) is 7.10. The van der Waals surface area contributed by atoms with Gasteiger partial charge < -0.3 is 15.5 Å². The molecule has 1 saturated carbocycles. The van der Waals surface area contributed by atoms with Gasteiger partial charge in [0, 0.05) is 43.2 Å². The Hall–Kier alpha value is -1.80. The van der Waals surface area contributed by atoms with E-state index in [0.29, 0.717) is 0 Å². The van der Waals surface area contributed by atoms with Crippen molar-refractivity contribution < 1.29 is 4.79 Å². The van der Waals surface area contributed by atoms with E-state index in [2.05, 4.69) is 35.8 Å². The summed E-state index contributed by atoms with van der Waals surface area (Å²) in [6.07, 6.45) is 3.10. The number of hydrogen-bond acceptors (Lipinski definition) is 2. The van der Waals surface area contributed by atoms with Gasteiger partial charge in [-0.1, -0.05) is 35.9 Å². The van der Waals surface area contributed by atoms with Crippen molar-refractivity contribution in [1.82, 2.24) is 15.5 Å². The van der Waals surface area contributed by atoms with Crippen molar-refractivity contribution in [2.24, 2.45) is 4.99 Å². The van der Waals surface area contributed by atoms with Crippen LogP contribution < -0.4 is 10.6 Å². The maximum absolute atomic E-state index is 12.2. The number of rotatable bonds is 8. The fourth-order valence-corrected chi connectivity index (χ4v) is 3.71. The zero-order valence-corrected chi connectivity index (χ0v) is 21.5. The number of nitrogens with zero attached hydrogens (tertiary/aromatic N) is 2. The molecule has 0 spiro atoms. The van der Waals surface area contributed by atoms with Crippen LogP contribution in [0.5, 0.6) is 0 Å². The molecule has 0 bridgehead atoms. The van der Waals surface area contributed by atoms with Crippen LogP contribution in [-0.2, 0) is 11.8 Å². The second kappa shape index (κ2) is 11.7. The van der Waals surface area contributed by atoms with E-state index in [9.17, 15) is 4.79 Å². The first-order valence-corrected chi connectivity index (χ1v) is 10.9. The van der Waals surface area contributed by atoms with Crippen LogP contribution in [0.15, 0.2) is 53.5 Å². The van der Waals surface area contributed by atoms with E-state index in [-0.39, 0.29) is 35.3 Å². The van der Waals surface area contributed by atoms with Gasteiger partial charge in [-0.2, -0.15) is 0 Å². The zero-order chi connectivity index (χ0) is 21.6. The van der Waals surface area contributed by atoms with Gasteiger partial charge >= 0.3 is 0 Å². The van der Waals surface area contributed by atoms with Crippen molar-refractivity contribution in [2.45, 2.75) is 31.6 Å². The Balaban J connectivity index is 0.00000341. The lowest BCUT2D eigenvalue weighted by atomic mass is 9.96. The molecule has 1 fully saturated rings. The van der Waals surface area contributed by atoms with Gasteiger partial charge in [-0.05, 0) is 61.6 Å². The van der Waals surface area contributed by atoms with Gasteiger partial charge in [-0.15, -0.1) is 24.0 Å². The quantitative estimate of drug-likeness (QED) is 0.287. The predicted molar refractivity (Wildman–Crippen MR) is 140 cm³/mol. The molecule has 2 N–H and O–H groups in total. The Kier molecular flexibility index (Phi) is 9.62. The molecule has 0 unspecified atom stereocenters. The van der Waals surface area contributed by atoms with Crippen LogP contribution in [-0.4, -0.2) is 50.5 Å². The minimum Gasteiger partial charge on any atom is -0.357 e. The van der Waals surface area contributed by atoms with Crippen LogP contribution in [0.1, 0.15) is 41.3 Å². The summed E-state index contributed by atoms with van der Waals surface area (Å²) in [5.74, 6) is 0.849. The number of carbonyl (C=O) groups is 1. The highest BCUT2D eigenvalue weighted by molar-refractivity contribution is 14.0. The molecule has 1 aliphatic carbocycles. The van der Waals surface area contributed by atoms with Gasteiger partial charge in [0.05, 0.1) is 6.54 Å². The zero-order valence-electron chi connectivity index (χ0n) is 18.5. The molecule has 0 radical (unpaired) electrons. The van der Waals surface area contributed by atoms with Gasteiger partial charge in [-0.25, -0.2) is 0 Å². The number of hydrogen-bond donors (Lipinski definition) is 2. The number of guanidine groups is 1. The minimum atomic E-state index is 0. The van der Waals surface area contributed by atoms with E-state index in [1.54, 1.807) is 19.0 Å². The smallest absolute Gasteiger partial charge is 0.253 e. The first kappa shape index (κ1) is 25.5. The summed E-state index contributed by atoms with van der Waals surface area (Å²) in [6, 6.07) is 16.0. The number of carbonyl (C=O) groups excluding carboxylic acids is 1. The summed E-state index contributed by atoms with van der Waals surface area (Å²) in [7, 11) is 3.54. The molecule has 0 saturated heterocycles. The van der Waals surface area contributed by atoms with Gasteiger partial charge in [0.25, 0.3) is 5.91 Å². The number of halogens is 2. The Morgan fingerprint density at radius 2 is 1.87 bits per heavy atom. The van der Waals surface area contributed by atoms with E-state index >= 15 is 0 Å². The molecule has 7 heteroatoms. The molecule has 168 valence electrons. The standard InChI is InChI=1S/C24H31ClN4O.HI/c1-4-26-23(28-17-24(12-13-24)20-9-6-10-21(25)16-20)27-14-11-18-7-5-8-19(15-18)22(30)29(2)3;/h5-10,15-16H,4,11-14,17H2,1-3H3,(H2,26,27,28);1H. The van der Waals surface area contributed by atoms with E-state index in [1.807, 2.05) is 30.3 Å². The van der Waals surface area contributed by atoms with Crippen LogP contribution in [0.4, 0.5) is 0 Å². The SMILES string of the molecule is CCNC(=NCC1(c2cccc(Cl)c2)CC1)NCCc1cccc(C(=O)N(C)C)c1.I. The van der Waals surface area contributed by atoms with E-state index < -0.39 is 0 Å². The van der Waals surface area contributed by atoms with Crippen LogP contribution in [0.3, 0.4) is 0 Å². The van der Waals surface area contributed by atoms with E-state index in [4.69, 9.17) is 16.6 Å². The molecular formula is C24H32ClIN4O. The molecule has 1 amide bonds. The maximum Gasteiger partial charge on any atom is 0.253 e. The summed E-state index contributed by atoms with van der Waals surface area (Å²) in [4.78, 5) is 18.6. The lowest BCUT2D eigenvalue weighted by molar-refractivity contribution is 0.0827. The van der Waals surface area contributed by atoms with Crippen LogP contribution in [0.2, 0.25) is 5.02 Å². The molecular weight excluding hydrogens is 523 g/mol. The Bertz CT molecular complexity index is 912. The summed E-state index contributed by atoms with van der Waals surface area (Å²) < 4.78 is 0. The topological polar surface area (TPSA) is 56.7 Å². The monoisotopic (exact) mass is 554 g/mol. The highest BCUT2D eigenvalue weighted by atomic mass is 127. The van der Waals surface area contributed by atoms with Crippen molar-refractivity contribution in [1.29, 1.82) is 0 Å². The van der Waals surface area contributed by atoms with Gasteiger partial charge in [0.15, 0.2) is 5.96 Å². The molecule has 0 aliphatic heterocycles. The fraction of sp³-hybridized carbons (Fsp3) is 0.417. The molecule has 0 heterocycles. The highest BCUT2D eigenvalue weighted by Crippen LogP contribution is 2.48. The van der Waals surface area contributed by atoms with E-state index in [1.165, 1.54) is 5.56 Å². The molecule has 31 heavy (non-hydrogen) atoms. The summed E-state index contributed by atoms with van der Waals surface area (Å²) >= 11 is 6.18. The number of amides is 1. The Labute approximate surface area is 207 Å². The summed E-state index contributed by atoms with van der Waals surface area (Å²) in [5, 5.41) is 7.53. The first-order chi connectivity index (χ1) is 14.4. The lowest BCUT2D eigenvalue weighted by Gasteiger charge is -2.16. The molecule has 0 aromatic heterocycles. The molecule has 2 aromatic rings. The highest BCUT2D eigenvalue weighted by Gasteiger charge is 2.44. The van der Waals surface area contributed by atoms with Gasteiger partial charge in [-0.3, -0.25) is 9.79 Å². The third-order valence-corrected chi connectivity index (χ3v) is 5.70. The lowest BCUT2D eigenvalue weighted by Crippen LogP contribution is -2.39. The first-order valence-electron chi connectivity index (χ1n) is 10.5. The second-order valence-electron chi connectivity index (χ2n) is 8.06. The minimum absolute atomic E-state index is 0. The number of benzene rings is 2. The average molecular weight is 555 g/mol. The third-order valence-electron chi connectivity index (χ3n) is 5.46.